The molecule has 1 fully saturated rings. The number of hydrogen-bond donors (Lipinski definition) is 1. The highest BCUT2D eigenvalue weighted by molar-refractivity contribution is 9.10. The van der Waals surface area contributed by atoms with Crippen molar-refractivity contribution in [2.45, 2.75) is 18.9 Å². The lowest BCUT2D eigenvalue weighted by Gasteiger charge is -2.17. The molecule has 0 bridgehead atoms. The van der Waals surface area contributed by atoms with Crippen molar-refractivity contribution in [2.24, 2.45) is 11.0 Å². The van der Waals surface area contributed by atoms with Gasteiger partial charge in [-0.3, -0.25) is 4.79 Å². The van der Waals surface area contributed by atoms with Crippen LogP contribution in [0.2, 0.25) is 0 Å². The fourth-order valence-corrected chi connectivity index (χ4v) is 3.34. The van der Waals surface area contributed by atoms with E-state index in [0.717, 1.165) is 15.6 Å². The zero-order chi connectivity index (χ0) is 17.0. The van der Waals surface area contributed by atoms with Crippen LogP contribution in [-0.2, 0) is 15.1 Å². The molecule has 2 unspecified atom stereocenters. The first kappa shape index (κ1) is 16.9. The summed E-state index contributed by atoms with van der Waals surface area (Å²) in [6.45, 7) is 2.52. The summed E-state index contributed by atoms with van der Waals surface area (Å²) >= 11 is 3.41. The van der Waals surface area contributed by atoms with Crippen molar-refractivity contribution in [1.29, 1.82) is 0 Å². The van der Waals surface area contributed by atoms with E-state index in [9.17, 15) is 4.79 Å². The van der Waals surface area contributed by atoms with E-state index in [2.05, 4.69) is 26.5 Å². The zero-order valence-corrected chi connectivity index (χ0v) is 15.0. The fraction of sp³-hybridized carbons (Fsp3) is 0.263. The van der Waals surface area contributed by atoms with Gasteiger partial charge in [0.2, 0.25) is 5.91 Å². The summed E-state index contributed by atoms with van der Waals surface area (Å²) in [5.41, 5.74) is 4.08. The molecule has 1 N–H and O–H groups in total. The Kier molecular flexibility index (Phi) is 5.11. The second-order valence-electron chi connectivity index (χ2n) is 5.73. The van der Waals surface area contributed by atoms with Gasteiger partial charge in [0, 0.05) is 11.1 Å². The number of amides is 1. The lowest BCUT2D eigenvalue weighted by molar-refractivity contribution is -0.124. The predicted molar refractivity (Wildman–Crippen MR) is 97.7 cm³/mol. The van der Waals surface area contributed by atoms with E-state index < -0.39 is 5.60 Å². The van der Waals surface area contributed by atoms with Crippen LogP contribution >= 0.6 is 15.9 Å². The average Bonchev–Trinajstić information content (AvgIpc) is 3.32. The Labute approximate surface area is 150 Å². The van der Waals surface area contributed by atoms with E-state index in [0.29, 0.717) is 13.0 Å². The predicted octanol–water partition coefficient (Wildman–Crippen LogP) is 3.85. The lowest BCUT2D eigenvalue weighted by Crippen LogP contribution is -2.26. The van der Waals surface area contributed by atoms with Crippen molar-refractivity contribution in [3.05, 3.63) is 70.2 Å². The number of hydrogen-bond acceptors (Lipinski definition) is 3. The summed E-state index contributed by atoms with van der Waals surface area (Å²) in [6.07, 6.45) is 2.32. The molecular weight excluding hydrogens is 368 g/mol. The first-order valence-corrected chi connectivity index (χ1v) is 8.73. The van der Waals surface area contributed by atoms with Crippen LogP contribution in [0.3, 0.4) is 0 Å². The number of carbonyl (C=O) groups excluding carboxylic acids is 1. The second kappa shape index (κ2) is 7.28. The summed E-state index contributed by atoms with van der Waals surface area (Å²) in [5, 5.41) is 4.06. The van der Waals surface area contributed by atoms with Crippen LogP contribution in [-0.4, -0.2) is 18.7 Å². The largest absolute Gasteiger partial charge is 0.370 e. The van der Waals surface area contributed by atoms with E-state index in [1.807, 2.05) is 61.5 Å². The molecular formula is C19H19BrN2O2. The van der Waals surface area contributed by atoms with Crippen molar-refractivity contribution >= 4 is 28.1 Å². The number of ether oxygens (including phenoxy) is 1. The monoisotopic (exact) mass is 386 g/mol. The van der Waals surface area contributed by atoms with E-state index in [4.69, 9.17) is 4.74 Å². The third-order valence-electron chi connectivity index (χ3n) is 4.13. The van der Waals surface area contributed by atoms with E-state index in [1.54, 1.807) is 6.21 Å². The van der Waals surface area contributed by atoms with Gasteiger partial charge in [0.1, 0.15) is 5.60 Å². The molecule has 5 heteroatoms. The van der Waals surface area contributed by atoms with Crippen LogP contribution in [0.15, 0.2) is 64.2 Å². The van der Waals surface area contributed by atoms with Gasteiger partial charge in [0.05, 0.1) is 12.1 Å². The van der Waals surface area contributed by atoms with E-state index >= 15 is 0 Å². The van der Waals surface area contributed by atoms with Gasteiger partial charge in [-0.1, -0.05) is 58.4 Å². The SMILES string of the molecule is CCOC1(c2ccccc2)CC1C(=O)NN=Cc1cccc(Br)c1. The highest BCUT2D eigenvalue weighted by Crippen LogP contribution is 2.55. The topological polar surface area (TPSA) is 50.7 Å². The minimum Gasteiger partial charge on any atom is -0.370 e. The third-order valence-corrected chi connectivity index (χ3v) is 4.62. The summed E-state index contributed by atoms with van der Waals surface area (Å²) in [5.74, 6) is -0.321. The number of carbonyl (C=O) groups is 1. The molecule has 0 radical (unpaired) electrons. The van der Waals surface area contributed by atoms with Crippen LogP contribution in [0.25, 0.3) is 0 Å². The molecule has 0 aliphatic heterocycles. The normalized spacial score (nSPS) is 22.5. The van der Waals surface area contributed by atoms with Gasteiger partial charge in [0.15, 0.2) is 0 Å². The number of hydrazone groups is 1. The molecule has 1 aliphatic carbocycles. The Hall–Kier alpha value is -1.98. The van der Waals surface area contributed by atoms with Crippen molar-refractivity contribution in [3.63, 3.8) is 0 Å². The van der Waals surface area contributed by atoms with Gasteiger partial charge in [0.25, 0.3) is 0 Å². The fourth-order valence-electron chi connectivity index (χ4n) is 2.92. The molecule has 1 aliphatic rings. The summed E-state index contributed by atoms with van der Waals surface area (Å²) in [4.78, 5) is 12.4. The van der Waals surface area contributed by atoms with Gasteiger partial charge < -0.3 is 4.74 Å². The molecule has 1 saturated carbocycles. The minimum absolute atomic E-state index is 0.112. The third kappa shape index (κ3) is 3.57. The van der Waals surface area contributed by atoms with Crippen LogP contribution in [0.4, 0.5) is 0 Å². The highest BCUT2D eigenvalue weighted by Gasteiger charge is 2.60. The molecule has 24 heavy (non-hydrogen) atoms. The summed E-state index contributed by atoms with van der Waals surface area (Å²) in [7, 11) is 0. The Morgan fingerprint density at radius 1 is 1.33 bits per heavy atom. The molecule has 0 aromatic heterocycles. The van der Waals surface area contributed by atoms with Crippen molar-refractivity contribution in [1.82, 2.24) is 5.43 Å². The minimum atomic E-state index is -0.509. The molecule has 3 rings (SSSR count). The maximum absolute atomic E-state index is 12.4. The van der Waals surface area contributed by atoms with Crippen molar-refractivity contribution < 1.29 is 9.53 Å². The maximum Gasteiger partial charge on any atom is 0.246 e. The Balaban J connectivity index is 1.65. The van der Waals surface area contributed by atoms with Crippen LogP contribution in [0.1, 0.15) is 24.5 Å². The number of nitrogens with one attached hydrogen (secondary N) is 1. The number of nitrogens with zero attached hydrogens (tertiary/aromatic N) is 1. The van der Waals surface area contributed by atoms with Gasteiger partial charge in [-0.05, 0) is 36.6 Å². The van der Waals surface area contributed by atoms with Crippen molar-refractivity contribution in [3.8, 4) is 0 Å². The maximum atomic E-state index is 12.4. The standard InChI is InChI=1S/C19H19BrN2O2/c1-2-24-19(15-8-4-3-5-9-15)12-17(19)18(23)22-21-13-14-7-6-10-16(20)11-14/h3-11,13,17H,2,12H2,1H3,(H,22,23). The molecule has 2 aromatic carbocycles. The number of rotatable bonds is 6. The molecule has 0 saturated heterocycles. The van der Waals surface area contributed by atoms with Gasteiger partial charge in [-0.15, -0.1) is 0 Å². The number of benzene rings is 2. The first-order valence-electron chi connectivity index (χ1n) is 7.93. The smallest absolute Gasteiger partial charge is 0.246 e. The quantitative estimate of drug-likeness (QED) is 0.605. The Bertz CT molecular complexity index is 748. The molecule has 4 nitrogen and oxygen atoms in total. The molecule has 1 amide bonds. The molecule has 124 valence electrons. The second-order valence-corrected chi connectivity index (χ2v) is 6.65. The molecule has 2 aromatic rings. The van der Waals surface area contributed by atoms with E-state index in [-0.39, 0.29) is 11.8 Å². The Morgan fingerprint density at radius 2 is 2.12 bits per heavy atom. The lowest BCUT2D eigenvalue weighted by atomic mass is 10.1. The highest BCUT2D eigenvalue weighted by atomic mass is 79.9. The number of halogens is 1. The Morgan fingerprint density at radius 3 is 2.83 bits per heavy atom. The van der Waals surface area contributed by atoms with Crippen LogP contribution in [0, 0.1) is 5.92 Å². The van der Waals surface area contributed by atoms with Gasteiger partial charge in [-0.25, -0.2) is 5.43 Å². The average molecular weight is 387 g/mol. The van der Waals surface area contributed by atoms with Crippen LogP contribution < -0.4 is 5.43 Å². The molecule has 0 heterocycles. The van der Waals surface area contributed by atoms with Crippen molar-refractivity contribution in [2.75, 3.05) is 6.61 Å². The molecule has 2 atom stereocenters. The summed E-state index contributed by atoms with van der Waals surface area (Å²) < 4.78 is 6.89. The zero-order valence-electron chi connectivity index (χ0n) is 13.4. The first-order chi connectivity index (χ1) is 11.7. The molecule has 0 spiro atoms. The van der Waals surface area contributed by atoms with Gasteiger partial charge in [-0.2, -0.15) is 5.10 Å². The van der Waals surface area contributed by atoms with Gasteiger partial charge >= 0.3 is 0 Å². The van der Waals surface area contributed by atoms with E-state index in [1.165, 1.54) is 0 Å². The summed E-state index contributed by atoms with van der Waals surface area (Å²) in [6, 6.07) is 17.6. The van der Waals surface area contributed by atoms with Crippen LogP contribution in [0.5, 0.6) is 0 Å².